The van der Waals surface area contributed by atoms with E-state index in [2.05, 4.69) is 83.3 Å². The van der Waals surface area contributed by atoms with Crippen LogP contribution < -0.4 is 0 Å². The van der Waals surface area contributed by atoms with Gasteiger partial charge in [0.2, 0.25) is 0 Å². The monoisotopic (exact) mass is 401 g/mol. The molecule has 29 heavy (non-hydrogen) atoms. The number of rotatable bonds is 5. The molecule has 0 aliphatic carbocycles. The van der Waals surface area contributed by atoms with Crippen LogP contribution in [0.15, 0.2) is 66.9 Å². The first kappa shape index (κ1) is 18.6. The molecule has 4 heteroatoms. The van der Waals surface area contributed by atoms with Gasteiger partial charge in [0, 0.05) is 18.4 Å². The van der Waals surface area contributed by atoms with Gasteiger partial charge < -0.3 is 0 Å². The van der Waals surface area contributed by atoms with Crippen molar-refractivity contribution in [1.82, 2.24) is 14.5 Å². The minimum atomic E-state index is 0.813. The van der Waals surface area contributed by atoms with Crippen molar-refractivity contribution < 1.29 is 0 Å². The lowest BCUT2D eigenvalue weighted by atomic mass is 9.90. The average molecular weight is 402 g/mol. The van der Waals surface area contributed by atoms with E-state index in [1.54, 1.807) is 11.3 Å². The molecule has 0 atom stereocenters. The number of thiazole rings is 1. The molecule has 0 saturated carbocycles. The third-order valence-electron chi connectivity index (χ3n) is 6.03. The molecular formula is C25H27N3S. The second kappa shape index (κ2) is 8.13. The maximum absolute atomic E-state index is 4.87. The molecule has 1 aliphatic heterocycles. The fraction of sp³-hybridized carbons (Fsp3) is 0.320. The van der Waals surface area contributed by atoms with Crippen molar-refractivity contribution >= 4 is 21.6 Å². The molecule has 2 aromatic heterocycles. The minimum absolute atomic E-state index is 0.813. The summed E-state index contributed by atoms with van der Waals surface area (Å²) in [6.07, 6.45) is 5.95. The van der Waals surface area contributed by atoms with E-state index in [0.29, 0.717) is 0 Å². The summed E-state index contributed by atoms with van der Waals surface area (Å²) >= 11 is 1.78. The Bertz CT molecular complexity index is 1090. The summed E-state index contributed by atoms with van der Waals surface area (Å²) in [7, 11) is 0. The molecule has 4 aromatic rings. The maximum Gasteiger partial charge on any atom is 0.194 e. The van der Waals surface area contributed by atoms with Gasteiger partial charge >= 0.3 is 0 Å². The second-order valence-electron chi connectivity index (χ2n) is 8.25. The summed E-state index contributed by atoms with van der Waals surface area (Å²) in [5.41, 5.74) is 5.20. The summed E-state index contributed by atoms with van der Waals surface area (Å²) in [6.45, 7) is 5.50. The number of nitrogens with zero attached hydrogens (tertiary/aromatic N) is 3. The first-order valence-corrected chi connectivity index (χ1v) is 11.4. The van der Waals surface area contributed by atoms with Gasteiger partial charge in [-0.3, -0.25) is 9.47 Å². The van der Waals surface area contributed by atoms with E-state index in [-0.39, 0.29) is 0 Å². The van der Waals surface area contributed by atoms with Crippen LogP contribution in [0.3, 0.4) is 0 Å². The zero-order valence-corrected chi connectivity index (χ0v) is 17.7. The summed E-state index contributed by atoms with van der Waals surface area (Å²) < 4.78 is 3.54. The molecule has 0 N–H and O–H groups in total. The average Bonchev–Trinajstić information content (AvgIpc) is 3.36. The Morgan fingerprint density at radius 3 is 2.66 bits per heavy atom. The molecule has 0 bridgehead atoms. The standard InChI is InChI=1S/C25H27N3S/c1-19-9-10-23-24(16-19)29-25(26-23)28-13-5-8-22(28)18-27-14-11-21(12-15-27)17-20-6-3-2-4-7-20/h2-10,13,16,21H,11-12,14-15,17-18H2,1H3. The highest BCUT2D eigenvalue weighted by Crippen LogP contribution is 2.28. The number of benzene rings is 2. The Morgan fingerprint density at radius 2 is 1.83 bits per heavy atom. The number of hydrogen-bond acceptors (Lipinski definition) is 3. The van der Waals surface area contributed by atoms with Gasteiger partial charge in [-0.2, -0.15) is 0 Å². The molecule has 1 aliphatic rings. The van der Waals surface area contributed by atoms with E-state index < -0.39 is 0 Å². The van der Waals surface area contributed by atoms with Crippen LogP contribution in [0, 0.1) is 12.8 Å². The lowest BCUT2D eigenvalue weighted by molar-refractivity contribution is 0.174. The van der Waals surface area contributed by atoms with Gasteiger partial charge in [0.1, 0.15) is 0 Å². The fourth-order valence-electron chi connectivity index (χ4n) is 4.38. The smallest absolute Gasteiger partial charge is 0.194 e. The van der Waals surface area contributed by atoms with Crippen LogP contribution in [0.1, 0.15) is 29.7 Å². The second-order valence-corrected chi connectivity index (χ2v) is 9.26. The number of fused-ring (bicyclic) bond motifs is 1. The van der Waals surface area contributed by atoms with Gasteiger partial charge in [-0.05, 0) is 80.6 Å². The van der Waals surface area contributed by atoms with E-state index in [4.69, 9.17) is 4.98 Å². The van der Waals surface area contributed by atoms with Gasteiger partial charge in [-0.1, -0.05) is 47.7 Å². The number of piperidine rings is 1. The highest BCUT2D eigenvalue weighted by Gasteiger charge is 2.21. The van der Waals surface area contributed by atoms with Crippen molar-refractivity contribution in [3.8, 4) is 5.13 Å². The van der Waals surface area contributed by atoms with Crippen molar-refractivity contribution in [3.63, 3.8) is 0 Å². The van der Waals surface area contributed by atoms with Gasteiger partial charge in [0.05, 0.1) is 10.2 Å². The topological polar surface area (TPSA) is 21.1 Å². The van der Waals surface area contributed by atoms with Crippen molar-refractivity contribution in [2.45, 2.75) is 32.7 Å². The number of aromatic nitrogens is 2. The molecule has 5 rings (SSSR count). The lowest BCUT2D eigenvalue weighted by Crippen LogP contribution is -2.34. The van der Waals surface area contributed by atoms with Crippen LogP contribution in [-0.2, 0) is 13.0 Å². The van der Waals surface area contributed by atoms with Crippen LogP contribution >= 0.6 is 11.3 Å². The molecule has 3 heterocycles. The summed E-state index contributed by atoms with van der Waals surface area (Å²) in [4.78, 5) is 7.47. The van der Waals surface area contributed by atoms with Gasteiger partial charge in [-0.25, -0.2) is 4.98 Å². The lowest BCUT2D eigenvalue weighted by Gasteiger charge is -2.32. The molecule has 0 unspecified atom stereocenters. The van der Waals surface area contributed by atoms with E-state index in [1.807, 2.05) is 0 Å². The predicted molar refractivity (Wildman–Crippen MR) is 122 cm³/mol. The molecule has 1 saturated heterocycles. The van der Waals surface area contributed by atoms with Gasteiger partial charge in [0.15, 0.2) is 5.13 Å². The van der Waals surface area contributed by atoms with Crippen LogP contribution in [0.2, 0.25) is 0 Å². The van der Waals surface area contributed by atoms with Crippen LogP contribution in [-0.4, -0.2) is 27.5 Å². The zero-order valence-electron chi connectivity index (χ0n) is 16.9. The van der Waals surface area contributed by atoms with Gasteiger partial charge in [0.25, 0.3) is 0 Å². The minimum Gasteiger partial charge on any atom is -0.298 e. The third-order valence-corrected chi connectivity index (χ3v) is 7.05. The molecule has 0 amide bonds. The highest BCUT2D eigenvalue weighted by atomic mass is 32.1. The molecule has 0 spiro atoms. The predicted octanol–water partition coefficient (Wildman–Crippen LogP) is 5.85. The molecular weight excluding hydrogens is 374 g/mol. The first-order chi connectivity index (χ1) is 14.2. The van der Waals surface area contributed by atoms with Crippen LogP contribution in [0.5, 0.6) is 0 Å². The molecule has 1 fully saturated rings. The first-order valence-electron chi connectivity index (χ1n) is 10.5. The fourth-order valence-corrected chi connectivity index (χ4v) is 5.46. The van der Waals surface area contributed by atoms with Crippen molar-refractivity contribution in [2.24, 2.45) is 5.92 Å². The SMILES string of the molecule is Cc1ccc2nc(-n3cccc3CN3CCC(Cc4ccccc4)CC3)sc2c1. The summed E-state index contributed by atoms with van der Waals surface area (Å²) in [5, 5.41) is 1.07. The quantitative estimate of drug-likeness (QED) is 0.418. The molecule has 148 valence electrons. The van der Waals surface area contributed by atoms with Crippen molar-refractivity contribution in [1.29, 1.82) is 0 Å². The largest absolute Gasteiger partial charge is 0.298 e. The Hall–Kier alpha value is -2.43. The maximum atomic E-state index is 4.87. The molecule has 2 aromatic carbocycles. The molecule has 3 nitrogen and oxygen atoms in total. The third kappa shape index (κ3) is 4.14. The number of hydrogen-bond donors (Lipinski definition) is 0. The Morgan fingerprint density at radius 1 is 1.00 bits per heavy atom. The van der Waals surface area contributed by atoms with E-state index in [1.165, 1.54) is 53.9 Å². The Balaban J connectivity index is 1.25. The van der Waals surface area contributed by atoms with Crippen molar-refractivity contribution in [3.05, 3.63) is 83.7 Å². The van der Waals surface area contributed by atoms with E-state index >= 15 is 0 Å². The molecule has 0 radical (unpaired) electrons. The van der Waals surface area contributed by atoms with Crippen LogP contribution in [0.4, 0.5) is 0 Å². The number of likely N-dealkylation sites (tertiary alicyclic amines) is 1. The summed E-state index contributed by atoms with van der Waals surface area (Å²) in [5.74, 6) is 0.813. The van der Waals surface area contributed by atoms with Crippen LogP contribution in [0.25, 0.3) is 15.3 Å². The Kier molecular flexibility index (Phi) is 5.21. The summed E-state index contributed by atoms with van der Waals surface area (Å²) in [6, 6.07) is 21.8. The van der Waals surface area contributed by atoms with Gasteiger partial charge in [-0.15, -0.1) is 0 Å². The number of aryl methyl sites for hydroxylation is 1. The van der Waals surface area contributed by atoms with Crippen molar-refractivity contribution in [2.75, 3.05) is 13.1 Å². The zero-order chi connectivity index (χ0) is 19.6. The normalized spacial score (nSPS) is 15.9. The highest BCUT2D eigenvalue weighted by molar-refractivity contribution is 7.20. The van der Waals surface area contributed by atoms with E-state index in [0.717, 1.165) is 23.1 Å². The van der Waals surface area contributed by atoms with E-state index in [9.17, 15) is 0 Å². The Labute approximate surface area is 176 Å².